The summed E-state index contributed by atoms with van der Waals surface area (Å²) >= 11 is 9.14. The van der Waals surface area contributed by atoms with E-state index in [0.29, 0.717) is 0 Å². The fraction of sp³-hybridized carbons (Fsp3) is 0.750. The predicted octanol–water partition coefficient (Wildman–Crippen LogP) is -0.362. The Morgan fingerprint density at radius 2 is 2.18 bits per heavy atom. The molecule has 0 radical (unpaired) electrons. The normalized spacial score (nSPS) is 11.1. The van der Waals surface area contributed by atoms with Crippen molar-refractivity contribution in [1.29, 1.82) is 0 Å². The third-order valence-electron chi connectivity index (χ3n) is 0.996. The molecule has 0 aromatic heterocycles. The second kappa shape index (κ2) is 4.15. The van der Waals surface area contributed by atoms with Crippen molar-refractivity contribution in [3.8, 4) is 0 Å². The Hall–Kier alpha value is 0.0200. The van der Waals surface area contributed by atoms with Gasteiger partial charge in [-0.3, -0.25) is 4.55 Å². The van der Waals surface area contributed by atoms with Crippen LogP contribution in [0.3, 0.4) is 0 Å². The van der Waals surface area contributed by atoms with Crippen LogP contribution < -0.4 is 0 Å². The Morgan fingerprint density at radius 1 is 1.73 bits per heavy atom. The molecule has 0 aromatic carbocycles. The molecule has 0 rings (SSSR count). The van der Waals surface area contributed by atoms with E-state index in [1.807, 2.05) is 0 Å². The maximum atomic E-state index is 10.2. The fourth-order valence-electron chi connectivity index (χ4n) is 0.344. The van der Waals surface area contributed by atoms with E-state index in [0.717, 1.165) is 0 Å². The molecule has 1 N–H and O–H groups in total. The van der Waals surface area contributed by atoms with Gasteiger partial charge in [-0.1, -0.05) is 4.32 Å². The standard InChI is InChI=1S/C4H9NO3S3/c1-5(4(9)10)2-3-11(6,7)8/h2-3H2,1H3,(H,9,10)(H,6,7,8)/p-1. The molecule has 0 bridgehead atoms. The molecule has 0 unspecified atom stereocenters. The van der Waals surface area contributed by atoms with Gasteiger partial charge in [0.25, 0.3) is 10.1 Å². The minimum atomic E-state index is -3.90. The van der Waals surface area contributed by atoms with Gasteiger partial charge in [-0.05, 0) is 0 Å². The van der Waals surface area contributed by atoms with Crippen molar-refractivity contribution >= 4 is 39.3 Å². The molecule has 11 heavy (non-hydrogen) atoms. The minimum absolute atomic E-state index is 0.126. The largest absolute Gasteiger partial charge is 0.411 e. The summed E-state index contributed by atoms with van der Waals surface area (Å²) in [5, 5.41) is 0. The molecule has 4 nitrogen and oxygen atoms in total. The van der Waals surface area contributed by atoms with Gasteiger partial charge in [-0.2, -0.15) is 8.42 Å². The van der Waals surface area contributed by atoms with Crippen LogP contribution in [-0.2, 0) is 22.7 Å². The summed E-state index contributed by atoms with van der Waals surface area (Å²) in [6, 6.07) is 0. The summed E-state index contributed by atoms with van der Waals surface area (Å²) in [4.78, 5) is 1.40. The molecule has 0 aromatic rings. The highest BCUT2D eigenvalue weighted by atomic mass is 32.2. The van der Waals surface area contributed by atoms with E-state index in [2.05, 4.69) is 24.8 Å². The Balaban J connectivity index is 3.82. The number of thiocarbonyl (C=S) groups is 1. The first-order valence-electron chi connectivity index (χ1n) is 2.70. The summed E-state index contributed by atoms with van der Waals surface area (Å²) in [5.74, 6) is -0.347. The van der Waals surface area contributed by atoms with Crippen LogP contribution in [0.2, 0.25) is 0 Å². The maximum absolute atomic E-state index is 10.2. The SMILES string of the molecule is CN(CCS(=O)(=O)O)C(=S)[S-]. The van der Waals surface area contributed by atoms with E-state index in [-0.39, 0.29) is 16.6 Å². The van der Waals surface area contributed by atoms with Gasteiger partial charge in [0, 0.05) is 13.6 Å². The van der Waals surface area contributed by atoms with Gasteiger partial charge in [0.1, 0.15) is 0 Å². The van der Waals surface area contributed by atoms with Crippen LogP contribution in [-0.4, -0.2) is 41.5 Å². The molecular weight excluding hydrogens is 206 g/mol. The molecular formula is C4H8NO3S3-. The van der Waals surface area contributed by atoms with E-state index < -0.39 is 10.1 Å². The zero-order valence-corrected chi connectivity index (χ0v) is 8.30. The van der Waals surface area contributed by atoms with Gasteiger partial charge in [0.2, 0.25) is 0 Å². The summed E-state index contributed by atoms with van der Waals surface area (Å²) in [5.41, 5.74) is 0. The van der Waals surface area contributed by atoms with E-state index in [1.165, 1.54) is 4.90 Å². The first-order valence-corrected chi connectivity index (χ1v) is 5.13. The average Bonchev–Trinajstić information content (AvgIpc) is 1.80. The van der Waals surface area contributed by atoms with Gasteiger partial charge in [-0.25, -0.2) is 0 Å². The third kappa shape index (κ3) is 6.42. The van der Waals surface area contributed by atoms with Crippen LogP contribution >= 0.6 is 12.2 Å². The van der Waals surface area contributed by atoms with Crippen molar-refractivity contribution in [1.82, 2.24) is 4.90 Å². The molecule has 0 spiro atoms. The lowest BCUT2D eigenvalue weighted by atomic mass is 10.7. The molecule has 0 aliphatic carbocycles. The minimum Gasteiger partial charge on any atom is -0.411 e. The monoisotopic (exact) mass is 214 g/mol. The van der Waals surface area contributed by atoms with Crippen LogP contribution in [0.15, 0.2) is 0 Å². The highest BCUT2D eigenvalue weighted by Gasteiger charge is 2.04. The zero-order chi connectivity index (χ0) is 9.07. The average molecular weight is 214 g/mol. The molecule has 66 valence electrons. The lowest BCUT2D eigenvalue weighted by molar-refractivity contribution is 0.468. The van der Waals surface area contributed by atoms with Crippen LogP contribution in [0, 0.1) is 0 Å². The molecule has 0 saturated carbocycles. The van der Waals surface area contributed by atoms with Gasteiger partial charge in [-0.15, -0.1) is 0 Å². The summed E-state index contributed by atoms with van der Waals surface area (Å²) in [6.07, 6.45) is 0. The lowest BCUT2D eigenvalue weighted by Gasteiger charge is -2.21. The molecule has 0 fully saturated rings. The smallest absolute Gasteiger partial charge is 0.266 e. The molecule has 0 saturated heterocycles. The first-order chi connectivity index (χ1) is 4.83. The molecule has 0 amide bonds. The van der Waals surface area contributed by atoms with Crippen molar-refractivity contribution in [2.45, 2.75) is 0 Å². The van der Waals surface area contributed by atoms with Gasteiger partial charge >= 0.3 is 0 Å². The zero-order valence-electron chi connectivity index (χ0n) is 5.85. The van der Waals surface area contributed by atoms with Crippen molar-refractivity contribution in [2.24, 2.45) is 0 Å². The van der Waals surface area contributed by atoms with Crippen LogP contribution in [0.4, 0.5) is 0 Å². The van der Waals surface area contributed by atoms with Crippen LogP contribution in [0.5, 0.6) is 0 Å². The third-order valence-corrected chi connectivity index (χ3v) is 2.32. The van der Waals surface area contributed by atoms with E-state index in [1.54, 1.807) is 7.05 Å². The van der Waals surface area contributed by atoms with E-state index >= 15 is 0 Å². The fourth-order valence-corrected chi connectivity index (χ4v) is 1.03. The molecule has 0 aliphatic rings. The predicted molar refractivity (Wildman–Crippen MR) is 49.0 cm³/mol. The number of hydrogen-bond donors (Lipinski definition) is 1. The van der Waals surface area contributed by atoms with Crippen molar-refractivity contribution in [3.05, 3.63) is 0 Å². The Morgan fingerprint density at radius 3 is 2.45 bits per heavy atom. The second-order valence-corrected chi connectivity index (χ2v) is 4.58. The van der Waals surface area contributed by atoms with Gasteiger partial charge < -0.3 is 29.7 Å². The lowest BCUT2D eigenvalue weighted by Crippen LogP contribution is -2.28. The second-order valence-electron chi connectivity index (χ2n) is 1.97. The Labute approximate surface area is 76.7 Å². The summed E-state index contributed by atoms with van der Waals surface area (Å²) in [7, 11) is -2.33. The molecule has 0 heterocycles. The van der Waals surface area contributed by atoms with Crippen molar-refractivity contribution in [3.63, 3.8) is 0 Å². The first kappa shape index (κ1) is 11.0. The van der Waals surface area contributed by atoms with Crippen LogP contribution in [0.1, 0.15) is 0 Å². The molecule has 7 heteroatoms. The van der Waals surface area contributed by atoms with Gasteiger partial charge in [0.05, 0.1) is 5.75 Å². The van der Waals surface area contributed by atoms with Crippen LogP contribution in [0.25, 0.3) is 0 Å². The summed E-state index contributed by atoms with van der Waals surface area (Å²) in [6.45, 7) is 0.126. The number of nitrogens with zero attached hydrogens (tertiary/aromatic N) is 1. The highest BCUT2D eigenvalue weighted by Crippen LogP contribution is 1.88. The number of rotatable bonds is 3. The number of hydrogen-bond acceptors (Lipinski definition) is 4. The summed E-state index contributed by atoms with van der Waals surface area (Å²) < 4.78 is 28.9. The highest BCUT2D eigenvalue weighted by molar-refractivity contribution is 8.00. The van der Waals surface area contributed by atoms with Crippen molar-refractivity contribution in [2.75, 3.05) is 19.3 Å². The molecule has 0 atom stereocenters. The Bertz CT molecular complexity index is 235. The van der Waals surface area contributed by atoms with E-state index in [4.69, 9.17) is 4.55 Å². The Kier molecular flexibility index (Phi) is 4.16. The quantitative estimate of drug-likeness (QED) is 0.393. The maximum Gasteiger partial charge on any atom is 0.266 e. The van der Waals surface area contributed by atoms with Gasteiger partial charge in [0.15, 0.2) is 0 Å². The van der Waals surface area contributed by atoms with Crippen molar-refractivity contribution < 1.29 is 13.0 Å². The van der Waals surface area contributed by atoms with E-state index in [9.17, 15) is 8.42 Å². The molecule has 0 aliphatic heterocycles. The topological polar surface area (TPSA) is 57.6 Å².